The molecule has 0 bridgehead atoms. The van der Waals surface area contributed by atoms with Crippen molar-refractivity contribution in [3.63, 3.8) is 0 Å². The van der Waals surface area contributed by atoms with Gasteiger partial charge in [-0.1, -0.05) is 0 Å². The maximum Gasteiger partial charge on any atom is 0.204 e. The fraction of sp³-hybridized carbons (Fsp3) is 0.417. The third-order valence-electron chi connectivity index (χ3n) is 2.93. The molecule has 0 fully saturated rings. The molecule has 5 nitrogen and oxygen atoms in total. The third kappa shape index (κ3) is 1.63. The monoisotopic (exact) mass is 237 g/mol. The van der Waals surface area contributed by atoms with Gasteiger partial charge in [0.1, 0.15) is 0 Å². The Balaban J connectivity index is 2.69. The lowest BCUT2D eigenvalue weighted by molar-refractivity contribution is 0.0971. The van der Waals surface area contributed by atoms with Crippen molar-refractivity contribution >= 4 is 5.78 Å². The van der Waals surface area contributed by atoms with Gasteiger partial charge in [-0.3, -0.25) is 4.79 Å². The number of benzene rings is 1. The molecule has 0 amide bonds. The van der Waals surface area contributed by atoms with E-state index >= 15 is 0 Å². The molecule has 0 aliphatic heterocycles. The Hall–Kier alpha value is -1.75. The molecule has 0 saturated carbocycles. The molecule has 1 unspecified atom stereocenters. The van der Waals surface area contributed by atoms with Crippen LogP contribution in [-0.2, 0) is 6.42 Å². The van der Waals surface area contributed by atoms with Crippen LogP contribution in [0.15, 0.2) is 6.07 Å². The fourth-order valence-corrected chi connectivity index (χ4v) is 2.15. The SMILES string of the molecule is COc1cc2c(c(OC)c1OC)C(=O)C(N)C2. The Labute approximate surface area is 99.5 Å². The number of rotatable bonds is 3. The van der Waals surface area contributed by atoms with Crippen molar-refractivity contribution in [2.24, 2.45) is 5.73 Å². The van der Waals surface area contributed by atoms with Crippen LogP contribution < -0.4 is 19.9 Å². The fourth-order valence-electron chi connectivity index (χ4n) is 2.15. The van der Waals surface area contributed by atoms with Gasteiger partial charge in [-0.15, -0.1) is 0 Å². The van der Waals surface area contributed by atoms with E-state index in [0.29, 0.717) is 29.2 Å². The summed E-state index contributed by atoms with van der Waals surface area (Å²) in [4.78, 5) is 11.9. The molecule has 0 aromatic heterocycles. The first kappa shape index (κ1) is 11.7. The molecule has 5 heteroatoms. The molecular weight excluding hydrogens is 222 g/mol. The van der Waals surface area contributed by atoms with Gasteiger partial charge in [0, 0.05) is 0 Å². The molecule has 1 aliphatic carbocycles. The van der Waals surface area contributed by atoms with E-state index in [1.165, 1.54) is 14.2 Å². The van der Waals surface area contributed by atoms with Crippen LogP contribution in [0.4, 0.5) is 0 Å². The summed E-state index contributed by atoms with van der Waals surface area (Å²) in [6.07, 6.45) is 0.505. The molecule has 0 saturated heterocycles. The summed E-state index contributed by atoms with van der Waals surface area (Å²) in [7, 11) is 4.54. The van der Waals surface area contributed by atoms with Gasteiger partial charge >= 0.3 is 0 Å². The van der Waals surface area contributed by atoms with Crippen molar-refractivity contribution in [3.8, 4) is 17.2 Å². The number of Topliss-reactive ketones (excluding diaryl/α,β-unsaturated/α-hetero) is 1. The summed E-state index contributed by atoms with van der Waals surface area (Å²) in [6, 6.07) is 1.28. The average Bonchev–Trinajstić information content (AvgIpc) is 2.62. The number of hydrogen-bond donors (Lipinski definition) is 1. The standard InChI is InChI=1S/C12H15NO4/c1-15-8-5-6-4-7(13)10(14)9(6)12(17-3)11(8)16-2/h5,7H,4,13H2,1-3H3. The number of ether oxygens (including phenoxy) is 3. The molecule has 2 N–H and O–H groups in total. The number of nitrogens with two attached hydrogens (primary N) is 1. The first-order valence-electron chi connectivity index (χ1n) is 5.25. The third-order valence-corrected chi connectivity index (χ3v) is 2.93. The van der Waals surface area contributed by atoms with Gasteiger partial charge in [0.25, 0.3) is 0 Å². The van der Waals surface area contributed by atoms with Gasteiger partial charge in [-0.05, 0) is 18.1 Å². The lowest BCUT2D eigenvalue weighted by Gasteiger charge is -2.15. The van der Waals surface area contributed by atoms with E-state index < -0.39 is 6.04 Å². The van der Waals surface area contributed by atoms with Crippen molar-refractivity contribution in [2.75, 3.05) is 21.3 Å². The minimum absolute atomic E-state index is 0.113. The van der Waals surface area contributed by atoms with Crippen LogP contribution in [0.5, 0.6) is 17.2 Å². The average molecular weight is 237 g/mol. The molecule has 1 atom stereocenters. The summed E-state index contributed by atoms with van der Waals surface area (Å²) in [5, 5.41) is 0. The maximum absolute atomic E-state index is 11.9. The second-order valence-corrected chi connectivity index (χ2v) is 3.85. The normalized spacial score (nSPS) is 17.9. The van der Waals surface area contributed by atoms with Gasteiger partial charge in [0.2, 0.25) is 5.75 Å². The molecule has 0 spiro atoms. The van der Waals surface area contributed by atoms with E-state index in [9.17, 15) is 4.79 Å². The quantitative estimate of drug-likeness (QED) is 0.841. The van der Waals surface area contributed by atoms with Crippen molar-refractivity contribution in [1.29, 1.82) is 0 Å². The minimum atomic E-state index is -0.504. The summed E-state index contributed by atoms with van der Waals surface area (Å²) in [5.74, 6) is 1.26. The Kier molecular flexibility index (Phi) is 2.93. The Morgan fingerprint density at radius 3 is 2.35 bits per heavy atom. The van der Waals surface area contributed by atoms with Gasteiger partial charge in [0.15, 0.2) is 17.3 Å². The number of methoxy groups -OCH3 is 3. The van der Waals surface area contributed by atoms with E-state index in [1.807, 2.05) is 0 Å². The molecule has 1 aromatic carbocycles. The molecular formula is C12H15NO4. The molecule has 1 aliphatic rings. The highest BCUT2D eigenvalue weighted by atomic mass is 16.5. The van der Waals surface area contributed by atoms with Crippen molar-refractivity contribution < 1.29 is 19.0 Å². The van der Waals surface area contributed by atoms with Gasteiger partial charge in [-0.25, -0.2) is 0 Å². The Morgan fingerprint density at radius 1 is 1.18 bits per heavy atom. The molecule has 92 valence electrons. The first-order chi connectivity index (χ1) is 8.13. The highest BCUT2D eigenvalue weighted by Crippen LogP contribution is 2.44. The zero-order valence-electron chi connectivity index (χ0n) is 10.1. The minimum Gasteiger partial charge on any atom is -0.493 e. The van der Waals surface area contributed by atoms with Crippen LogP contribution in [0.2, 0.25) is 0 Å². The lowest BCUT2D eigenvalue weighted by Crippen LogP contribution is -2.26. The first-order valence-corrected chi connectivity index (χ1v) is 5.25. The summed E-state index contributed by atoms with van der Waals surface area (Å²) in [5.41, 5.74) is 7.10. The molecule has 17 heavy (non-hydrogen) atoms. The van der Waals surface area contributed by atoms with E-state index in [-0.39, 0.29) is 5.78 Å². The van der Waals surface area contributed by atoms with Crippen molar-refractivity contribution in [1.82, 2.24) is 0 Å². The maximum atomic E-state index is 11.9. The second kappa shape index (κ2) is 4.25. The van der Waals surface area contributed by atoms with Gasteiger partial charge in [0.05, 0.1) is 32.9 Å². The van der Waals surface area contributed by atoms with Crippen LogP contribution >= 0.6 is 0 Å². The van der Waals surface area contributed by atoms with Gasteiger partial charge < -0.3 is 19.9 Å². The predicted molar refractivity (Wildman–Crippen MR) is 62.1 cm³/mol. The number of ketones is 1. The molecule has 2 rings (SSSR count). The van der Waals surface area contributed by atoms with Crippen molar-refractivity contribution in [2.45, 2.75) is 12.5 Å². The van der Waals surface area contributed by atoms with E-state index in [2.05, 4.69) is 0 Å². The number of carbonyl (C=O) groups excluding carboxylic acids is 1. The number of hydrogen-bond acceptors (Lipinski definition) is 5. The van der Waals surface area contributed by atoms with Crippen LogP contribution in [0, 0.1) is 0 Å². The van der Waals surface area contributed by atoms with E-state index in [4.69, 9.17) is 19.9 Å². The topological polar surface area (TPSA) is 70.8 Å². The summed E-state index contributed by atoms with van der Waals surface area (Å²) < 4.78 is 15.7. The van der Waals surface area contributed by atoms with Crippen LogP contribution in [0.3, 0.4) is 0 Å². The molecule has 0 heterocycles. The summed E-state index contributed by atoms with van der Waals surface area (Å²) >= 11 is 0. The number of carbonyl (C=O) groups is 1. The van der Waals surface area contributed by atoms with Gasteiger partial charge in [-0.2, -0.15) is 0 Å². The lowest BCUT2D eigenvalue weighted by atomic mass is 10.1. The highest BCUT2D eigenvalue weighted by molar-refractivity contribution is 6.07. The predicted octanol–water partition coefficient (Wildman–Crippen LogP) is 0.778. The smallest absolute Gasteiger partial charge is 0.204 e. The largest absolute Gasteiger partial charge is 0.493 e. The zero-order valence-corrected chi connectivity index (χ0v) is 10.1. The molecule has 0 radical (unpaired) electrons. The molecule has 1 aromatic rings. The Morgan fingerprint density at radius 2 is 1.82 bits per heavy atom. The van der Waals surface area contributed by atoms with Crippen molar-refractivity contribution in [3.05, 3.63) is 17.2 Å². The summed E-state index contributed by atoms with van der Waals surface area (Å²) in [6.45, 7) is 0. The van der Waals surface area contributed by atoms with Crippen LogP contribution in [-0.4, -0.2) is 33.2 Å². The zero-order chi connectivity index (χ0) is 12.6. The number of fused-ring (bicyclic) bond motifs is 1. The second-order valence-electron chi connectivity index (χ2n) is 3.85. The van der Waals surface area contributed by atoms with E-state index in [0.717, 1.165) is 5.56 Å². The van der Waals surface area contributed by atoms with Crippen LogP contribution in [0.1, 0.15) is 15.9 Å². The highest BCUT2D eigenvalue weighted by Gasteiger charge is 2.34. The van der Waals surface area contributed by atoms with Crippen LogP contribution in [0.25, 0.3) is 0 Å². The van der Waals surface area contributed by atoms with E-state index in [1.54, 1.807) is 13.2 Å². The Bertz CT molecular complexity index is 470.